The number of hydrogen-bond donors (Lipinski definition) is 0. The van der Waals surface area contributed by atoms with E-state index in [9.17, 15) is 0 Å². The average molecular weight is 304 g/mol. The van der Waals surface area contributed by atoms with Crippen LogP contribution in [0.1, 0.15) is 5.56 Å². The van der Waals surface area contributed by atoms with Crippen molar-refractivity contribution >= 4 is 10.9 Å². The minimum absolute atomic E-state index is 0.839. The summed E-state index contributed by atoms with van der Waals surface area (Å²) in [6, 6.07) is 21.2. The van der Waals surface area contributed by atoms with Gasteiger partial charge in [-0.3, -0.25) is 4.90 Å². The normalized spacial score (nSPS) is 15.8. The topological polar surface area (TPSA) is 25.4 Å². The predicted molar refractivity (Wildman–Crippen MR) is 93.3 cm³/mol. The number of para-hydroxylation sites is 1. The van der Waals surface area contributed by atoms with Crippen molar-refractivity contribution in [2.24, 2.45) is 0 Å². The van der Waals surface area contributed by atoms with Crippen molar-refractivity contribution < 1.29 is 4.74 Å². The first-order chi connectivity index (χ1) is 11.4. The number of rotatable bonds is 3. The maximum atomic E-state index is 5.42. The fourth-order valence-corrected chi connectivity index (χ4v) is 3.07. The number of ether oxygens (including phenoxy) is 1. The van der Waals surface area contributed by atoms with Crippen LogP contribution in [0.2, 0.25) is 0 Å². The minimum Gasteiger partial charge on any atom is -0.379 e. The lowest BCUT2D eigenvalue weighted by atomic mass is 10.1. The third kappa shape index (κ3) is 3.26. The van der Waals surface area contributed by atoms with Gasteiger partial charge >= 0.3 is 0 Å². The SMILES string of the molecule is c1cc(CN2CCOCC2)cc(-c2ccc3ccccc3n2)c1. The molecule has 3 heteroatoms. The summed E-state index contributed by atoms with van der Waals surface area (Å²) in [5.74, 6) is 0. The Balaban J connectivity index is 1.61. The molecule has 0 bridgehead atoms. The van der Waals surface area contributed by atoms with E-state index in [2.05, 4.69) is 53.4 Å². The highest BCUT2D eigenvalue weighted by molar-refractivity contribution is 5.81. The molecule has 116 valence electrons. The Bertz CT molecular complexity index is 809. The van der Waals surface area contributed by atoms with Crippen molar-refractivity contribution in [2.75, 3.05) is 26.3 Å². The zero-order valence-corrected chi connectivity index (χ0v) is 13.1. The Hall–Kier alpha value is -2.23. The Morgan fingerprint density at radius 1 is 0.913 bits per heavy atom. The zero-order chi connectivity index (χ0) is 15.5. The quantitative estimate of drug-likeness (QED) is 0.737. The van der Waals surface area contributed by atoms with Gasteiger partial charge in [0.2, 0.25) is 0 Å². The van der Waals surface area contributed by atoms with E-state index in [1.807, 2.05) is 12.1 Å². The number of pyridine rings is 1. The van der Waals surface area contributed by atoms with Crippen molar-refractivity contribution in [1.82, 2.24) is 9.88 Å². The lowest BCUT2D eigenvalue weighted by Gasteiger charge is -2.26. The molecule has 1 aliphatic rings. The fraction of sp³-hybridized carbons (Fsp3) is 0.250. The first kappa shape index (κ1) is 14.4. The lowest BCUT2D eigenvalue weighted by molar-refractivity contribution is 0.0342. The number of hydrogen-bond acceptors (Lipinski definition) is 3. The van der Waals surface area contributed by atoms with Crippen LogP contribution in [0.4, 0.5) is 0 Å². The Kier molecular flexibility index (Phi) is 4.05. The molecule has 0 aliphatic carbocycles. The highest BCUT2D eigenvalue weighted by Crippen LogP contribution is 2.22. The maximum absolute atomic E-state index is 5.42. The number of aromatic nitrogens is 1. The summed E-state index contributed by atoms with van der Waals surface area (Å²) in [5.41, 5.74) is 4.59. The number of morpholine rings is 1. The largest absolute Gasteiger partial charge is 0.379 e. The molecule has 1 aliphatic heterocycles. The molecule has 0 N–H and O–H groups in total. The zero-order valence-electron chi connectivity index (χ0n) is 13.1. The first-order valence-electron chi connectivity index (χ1n) is 8.14. The summed E-state index contributed by atoms with van der Waals surface area (Å²) >= 11 is 0. The van der Waals surface area contributed by atoms with E-state index in [1.54, 1.807) is 0 Å². The molecule has 1 aromatic heterocycles. The van der Waals surface area contributed by atoms with Gasteiger partial charge < -0.3 is 4.74 Å². The molecule has 1 saturated heterocycles. The van der Waals surface area contributed by atoms with Crippen LogP contribution in [-0.2, 0) is 11.3 Å². The molecule has 0 atom stereocenters. The van der Waals surface area contributed by atoms with Gasteiger partial charge in [0.1, 0.15) is 0 Å². The van der Waals surface area contributed by atoms with Gasteiger partial charge in [-0.2, -0.15) is 0 Å². The van der Waals surface area contributed by atoms with Gasteiger partial charge in [0.05, 0.1) is 24.4 Å². The highest BCUT2D eigenvalue weighted by atomic mass is 16.5. The summed E-state index contributed by atoms with van der Waals surface area (Å²) in [4.78, 5) is 7.24. The molecule has 0 saturated carbocycles. The molecular weight excluding hydrogens is 284 g/mol. The molecular formula is C20H20N2O. The van der Waals surface area contributed by atoms with E-state index >= 15 is 0 Å². The van der Waals surface area contributed by atoms with Crippen LogP contribution in [0.15, 0.2) is 60.7 Å². The lowest BCUT2D eigenvalue weighted by Crippen LogP contribution is -2.35. The number of fused-ring (bicyclic) bond motifs is 1. The third-order valence-corrected chi connectivity index (χ3v) is 4.33. The van der Waals surface area contributed by atoms with Gasteiger partial charge in [0, 0.05) is 30.6 Å². The minimum atomic E-state index is 0.839. The van der Waals surface area contributed by atoms with E-state index < -0.39 is 0 Å². The molecule has 0 radical (unpaired) electrons. The van der Waals surface area contributed by atoms with Crippen LogP contribution in [0.5, 0.6) is 0 Å². The van der Waals surface area contributed by atoms with Crippen LogP contribution in [-0.4, -0.2) is 36.2 Å². The average Bonchev–Trinajstić information content (AvgIpc) is 2.62. The van der Waals surface area contributed by atoms with E-state index in [1.165, 1.54) is 16.5 Å². The standard InChI is InChI=1S/C20H20N2O/c1-2-7-19-17(5-1)8-9-20(21-19)18-6-3-4-16(14-18)15-22-10-12-23-13-11-22/h1-9,14H,10-13,15H2. The second-order valence-electron chi connectivity index (χ2n) is 5.98. The van der Waals surface area contributed by atoms with Crippen LogP contribution in [0.3, 0.4) is 0 Å². The van der Waals surface area contributed by atoms with Gasteiger partial charge in [-0.15, -0.1) is 0 Å². The second kappa shape index (κ2) is 6.49. The molecule has 3 nitrogen and oxygen atoms in total. The van der Waals surface area contributed by atoms with E-state index in [0.29, 0.717) is 0 Å². The first-order valence-corrected chi connectivity index (χ1v) is 8.14. The van der Waals surface area contributed by atoms with Crippen LogP contribution >= 0.6 is 0 Å². The predicted octanol–water partition coefficient (Wildman–Crippen LogP) is 3.73. The van der Waals surface area contributed by atoms with E-state index in [0.717, 1.165) is 44.1 Å². The van der Waals surface area contributed by atoms with E-state index in [4.69, 9.17) is 9.72 Å². The highest BCUT2D eigenvalue weighted by Gasteiger charge is 2.11. The molecule has 23 heavy (non-hydrogen) atoms. The molecule has 4 rings (SSSR count). The molecule has 2 aromatic carbocycles. The van der Waals surface area contributed by atoms with Crippen molar-refractivity contribution in [2.45, 2.75) is 6.54 Å². The van der Waals surface area contributed by atoms with Gasteiger partial charge in [-0.1, -0.05) is 42.5 Å². The fourth-order valence-electron chi connectivity index (χ4n) is 3.07. The molecule has 2 heterocycles. The van der Waals surface area contributed by atoms with E-state index in [-0.39, 0.29) is 0 Å². The van der Waals surface area contributed by atoms with Gasteiger partial charge in [0.15, 0.2) is 0 Å². The van der Waals surface area contributed by atoms with Crippen LogP contribution in [0.25, 0.3) is 22.2 Å². The van der Waals surface area contributed by atoms with Gasteiger partial charge in [-0.25, -0.2) is 4.98 Å². The van der Waals surface area contributed by atoms with Crippen molar-refractivity contribution in [3.63, 3.8) is 0 Å². The van der Waals surface area contributed by atoms with Crippen LogP contribution < -0.4 is 0 Å². The summed E-state index contributed by atoms with van der Waals surface area (Å²) < 4.78 is 5.42. The molecule has 0 amide bonds. The molecule has 0 spiro atoms. The monoisotopic (exact) mass is 304 g/mol. The summed E-state index contributed by atoms with van der Waals surface area (Å²) in [6.07, 6.45) is 0. The smallest absolute Gasteiger partial charge is 0.0709 e. The van der Waals surface area contributed by atoms with Crippen molar-refractivity contribution in [3.05, 3.63) is 66.2 Å². The maximum Gasteiger partial charge on any atom is 0.0709 e. The summed E-state index contributed by atoms with van der Waals surface area (Å²) in [5, 5.41) is 1.18. The Labute approximate surface area is 136 Å². The second-order valence-corrected chi connectivity index (χ2v) is 5.98. The third-order valence-electron chi connectivity index (χ3n) is 4.33. The molecule has 0 unspecified atom stereocenters. The number of nitrogens with zero attached hydrogens (tertiary/aromatic N) is 2. The Morgan fingerprint density at radius 3 is 2.70 bits per heavy atom. The molecule has 1 fully saturated rings. The van der Waals surface area contributed by atoms with Crippen molar-refractivity contribution in [1.29, 1.82) is 0 Å². The van der Waals surface area contributed by atoms with Crippen molar-refractivity contribution in [3.8, 4) is 11.3 Å². The van der Waals surface area contributed by atoms with Gasteiger partial charge in [-0.05, 0) is 23.8 Å². The summed E-state index contributed by atoms with van der Waals surface area (Å²) in [7, 11) is 0. The summed E-state index contributed by atoms with van der Waals surface area (Å²) in [6.45, 7) is 4.68. The van der Waals surface area contributed by atoms with Crippen LogP contribution in [0, 0.1) is 0 Å². The van der Waals surface area contributed by atoms with Gasteiger partial charge in [0.25, 0.3) is 0 Å². The Morgan fingerprint density at radius 2 is 1.78 bits per heavy atom. The number of benzene rings is 2. The molecule has 3 aromatic rings.